The van der Waals surface area contributed by atoms with Crippen molar-refractivity contribution in [2.45, 2.75) is 37.8 Å². The molecule has 0 bridgehead atoms. The van der Waals surface area contributed by atoms with Crippen LogP contribution < -0.4 is 5.32 Å². The van der Waals surface area contributed by atoms with Gasteiger partial charge in [-0.2, -0.15) is 0 Å². The van der Waals surface area contributed by atoms with Crippen molar-refractivity contribution in [3.63, 3.8) is 0 Å². The zero-order chi connectivity index (χ0) is 18.7. The van der Waals surface area contributed by atoms with E-state index in [9.17, 15) is 15.0 Å². The summed E-state index contributed by atoms with van der Waals surface area (Å²) in [4.78, 5) is 22.0. The van der Waals surface area contributed by atoms with Crippen molar-refractivity contribution in [1.82, 2.24) is 35.2 Å². The second-order valence-electron chi connectivity index (χ2n) is 6.82. The van der Waals surface area contributed by atoms with Crippen LogP contribution in [-0.2, 0) is 13.1 Å². The van der Waals surface area contributed by atoms with Crippen molar-refractivity contribution >= 4 is 30.7 Å². The molecule has 1 amide bonds. The van der Waals surface area contributed by atoms with Gasteiger partial charge in [-0.25, -0.2) is 4.98 Å². The Labute approximate surface area is 175 Å². The molecule has 2 heterocycles. The Kier molecular flexibility index (Phi) is 9.18. The molecular weight excluding hydrogens is 409 g/mol. The normalized spacial score (nSPS) is 23.8. The Bertz CT molecular complexity index is 747. The topological polar surface area (TPSA) is 129 Å². The molecule has 0 aromatic carbocycles. The third-order valence-electron chi connectivity index (χ3n) is 4.40. The SMILES string of the molecule is CN(C)Cc1cn(C[C@H]2C[C@@H](NC(=O)c3cnccn3)[C@H](O)[C@@H]2O)nn1.Cl.Cl. The van der Waals surface area contributed by atoms with Crippen LogP contribution in [0.4, 0.5) is 0 Å². The molecule has 12 heteroatoms. The summed E-state index contributed by atoms with van der Waals surface area (Å²) in [5, 5.41) is 31.5. The van der Waals surface area contributed by atoms with Crippen LogP contribution in [0.5, 0.6) is 0 Å². The molecule has 156 valence electrons. The van der Waals surface area contributed by atoms with Crippen molar-refractivity contribution in [2.75, 3.05) is 14.1 Å². The van der Waals surface area contributed by atoms with E-state index in [-0.39, 0.29) is 36.4 Å². The van der Waals surface area contributed by atoms with Gasteiger partial charge in [0.25, 0.3) is 5.91 Å². The highest BCUT2D eigenvalue weighted by molar-refractivity contribution is 5.92. The summed E-state index contributed by atoms with van der Waals surface area (Å²) in [6, 6.07) is -0.561. The van der Waals surface area contributed by atoms with Gasteiger partial charge in [-0.3, -0.25) is 14.5 Å². The number of amides is 1. The van der Waals surface area contributed by atoms with E-state index < -0.39 is 24.2 Å². The van der Waals surface area contributed by atoms with Gasteiger partial charge in [-0.1, -0.05) is 5.21 Å². The standard InChI is InChI=1S/C16H23N7O3.2ClH/c1-22(2)8-11-9-23(21-20-11)7-10-5-12(15(25)14(10)24)19-16(26)13-6-17-3-4-18-13;;/h3-4,6,9-10,12,14-15,24-25H,5,7-8H2,1-2H3,(H,19,26);2*1H/t10-,12-,14-,15+;;/m1../s1. The number of hydrogen-bond donors (Lipinski definition) is 3. The maximum Gasteiger partial charge on any atom is 0.271 e. The van der Waals surface area contributed by atoms with Crippen LogP contribution >= 0.6 is 24.8 Å². The van der Waals surface area contributed by atoms with Gasteiger partial charge in [0.1, 0.15) is 11.8 Å². The molecule has 4 atom stereocenters. The van der Waals surface area contributed by atoms with Crippen molar-refractivity contribution in [2.24, 2.45) is 5.92 Å². The number of carbonyl (C=O) groups excluding carboxylic acids is 1. The van der Waals surface area contributed by atoms with Crippen molar-refractivity contribution in [3.05, 3.63) is 36.2 Å². The fourth-order valence-electron chi connectivity index (χ4n) is 3.17. The van der Waals surface area contributed by atoms with Crippen LogP contribution in [0.1, 0.15) is 22.6 Å². The zero-order valence-electron chi connectivity index (χ0n) is 15.5. The first-order chi connectivity index (χ1) is 12.4. The largest absolute Gasteiger partial charge is 0.390 e. The third-order valence-corrected chi connectivity index (χ3v) is 4.40. The molecule has 2 aromatic heterocycles. The Morgan fingerprint density at radius 2 is 2.04 bits per heavy atom. The summed E-state index contributed by atoms with van der Waals surface area (Å²) in [6.07, 6.45) is 4.50. The van der Waals surface area contributed by atoms with E-state index in [4.69, 9.17) is 0 Å². The molecule has 0 radical (unpaired) electrons. The molecule has 3 N–H and O–H groups in total. The minimum atomic E-state index is -1.05. The highest BCUT2D eigenvalue weighted by atomic mass is 35.5. The second-order valence-corrected chi connectivity index (χ2v) is 6.82. The number of carbonyl (C=O) groups is 1. The number of halogens is 2. The van der Waals surface area contributed by atoms with E-state index in [1.165, 1.54) is 18.6 Å². The van der Waals surface area contributed by atoms with Gasteiger partial charge in [0.05, 0.1) is 24.0 Å². The summed E-state index contributed by atoms with van der Waals surface area (Å²) in [6.45, 7) is 1.09. The minimum absolute atomic E-state index is 0. The predicted octanol–water partition coefficient (Wildman–Crippen LogP) is -0.486. The summed E-state index contributed by atoms with van der Waals surface area (Å²) < 4.78 is 1.66. The maximum absolute atomic E-state index is 12.2. The van der Waals surface area contributed by atoms with E-state index in [1.54, 1.807) is 4.68 Å². The van der Waals surface area contributed by atoms with E-state index >= 15 is 0 Å². The number of nitrogens with zero attached hydrogens (tertiary/aromatic N) is 6. The molecule has 0 aliphatic heterocycles. The van der Waals surface area contributed by atoms with E-state index in [1.807, 2.05) is 25.2 Å². The molecular formula is C16H25Cl2N7O3. The number of hydrogen-bond acceptors (Lipinski definition) is 8. The number of aliphatic hydroxyl groups excluding tert-OH is 2. The summed E-state index contributed by atoms with van der Waals surface area (Å²) >= 11 is 0. The Morgan fingerprint density at radius 3 is 2.68 bits per heavy atom. The fraction of sp³-hybridized carbons (Fsp3) is 0.562. The molecule has 1 aliphatic carbocycles. The average molecular weight is 434 g/mol. The first-order valence-electron chi connectivity index (χ1n) is 8.41. The van der Waals surface area contributed by atoms with Gasteiger partial charge >= 0.3 is 0 Å². The van der Waals surface area contributed by atoms with E-state index in [0.717, 1.165) is 5.69 Å². The lowest BCUT2D eigenvalue weighted by Crippen LogP contribution is -2.43. The predicted molar refractivity (Wildman–Crippen MR) is 105 cm³/mol. The number of rotatable bonds is 6. The summed E-state index contributed by atoms with van der Waals surface area (Å²) in [5.74, 6) is -0.671. The molecule has 1 aliphatic rings. The quantitative estimate of drug-likeness (QED) is 0.556. The van der Waals surface area contributed by atoms with Crippen molar-refractivity contribution < 1.29 is 15.0 Å². The summed E-state index contributed by atoms with van der Waals surface area (Å²) in [7, 11) is 3.89. The average Bonchev–Trinajstić information content (AvgIpc) is 3.15. The highest BCUT2D eigenvalue weighted by Gasteiger charge is 2.42. The molecule has 0 saturated heterocycles. The van der Waals surface area contributed by atoms with Crippen molar-refractivity contribution in [3.8, 4) is 0 Å². The fourth-order valence-corrected chi connectivity index (χ4v) is 3.17. The first-order valence-corrected chi connectivity index (χ1v) is 8.41. The molecule has 0 unspecified atom stereocenters. The monoisotopic (exact) mass is 433 g/mol. The number of nitrogens with one attached hydrogen (secondary N) is 1. The lowest BCUT2D eigenvalue weighted by Gasteiger charge is -2.17. The van der Waals surface area contributed by atoms with Gasteiger partial charge in [0.2, 0.25) is 0 Å². The first kappa shape index (κ1) is 24.2. The van der Waals surface area contributed by atoms with Crippen LogP contribution in [-0.4, -0.2) is 78.3 Å². The lowest BCUT2D eigenvalue weighted by atomic mass is 10.1. The van der Waals surface area contributed by atoms with Crippen LogP contribution in [0.25, 0.3) is 0 Å². The molecule has 10 nitrogen and oxygen atoms in total. The van der Waals surface area contributed by atoms with Gasteiger partial charge in [0, 0.05) is 37.6 Å². The Hall–Kier alpha value is -1.85. The van der Waals surface area contributed by atoms with Gasteiger partial charge in [0.15, 0.2) is 0 Å². The molecule has 28 heavy (non-hydrogen) atoms. The molecule has 0 spiro atoms. The molecule has 1 saturated carbocycles. The Balaban J connectivity index is 0.00000196. The third kappa shape index (κ3) is 5.82. The summed E-state index contributed by atoms with van der Waals surface area (Å²) in [5.41, 5.74) is 0.998. The minimum Gasteiger partial charge on any atom is -0.390 e. The van der Waals surface area contributed by atoms with Crippen LogP contribution in [0.15, 0.2) is 24.8 Å². The molecule has 2 aromatic rings. The highest BCUT2D eigenvalue weighted by Crippen LogP contribution is 2.28. The number of aromatic nitrogens is 5. The van der Waals surface area contributed by atoms with Gasteiger partial charge < -0.3 is 20.4 Å². The van der Waals surface area contributed by atoms with Crippen LogP contribution in [0, 0.1) is 5.92 Å². The van der Waals surface area contributed by atoms with Crippen molar-refractivity contribution in [1.29, 1.82) is 0 Å². The van der Waals surface area contributed by atoms with Crippen LogP contribution in [0.3, 0.4) is 0 Å². The molecule has 1 fully saturated rings. The molecule has 3 rings (SSSR count). The van der Waals surface area contributed by atoms with E-state index in [2.05, 4.69) is 25.6 Å². The van der Waals surface area contributed by atoms with Gasteiger partial charge in [-0.15, -0.1) is 29.9 Å². The van der Waals surface area contributed by atoms with E-state index in [0.29, 0.717) is 19.5 Å². The van der Waals surface area contributed by atoms with Crippen LogP contribution in [0.2, 0.25) is 0 Å². The Morgan fingerprint density at radius 1 is 1.29 bits per heavy atom. The maximum atomic E-state index is 12.2. The smallest absolute Gasteiger partial charge is 0.271 e. The van der Waals surface area contributed by atoms with Gasteiger partial charge in [-0.05, 0) is 20.5 Å². The number of aliphatic hydroxyl groups is 2. The lowest BCUT2D eigenvalue weighted by molar-refractivity contribution is 0.00759. The zero-order valence-corrected chi connectivity index (χ0v) is 17.2. The second kappa shape index (κ2) is 10.6.